The number of thiazole rings is 1. The lowest BCUT2D eigenvalue weighted by Gasteiger charge is -1.96. The minimum atomic E-state index is -0.262. The van der Waals surface area contributed by atoms with Gasteiger partial charge in [-0.2, -0.15) is 0 Å². The molecule has 2 N–H and O–H groups in total. The molecule has 0 fully saturated rings. The molecule has 2 rings (SSSR count). The standard InChI is InChI=1S/C10H8BrFN2S/c11-9-8(5-13)15-10(14-9)6-3-1-2-4-7(6)12/h1-4H,5,13H2. The fraction of sp³-hybridized carbons (Fsp3) is 0.100. The van der Waals surface area contributed by atoms with Crippen LogP contribution in [0.4, 0.5) is 4.39 Å². The largest absolute Gasteiger partial charge is 0.326 e. The lowest BCUT2D eigenvalue weighted by molar-refractivity contribution is 0.631. The molecule has 0 spiro atoms. The smallest absolute Gasteiger partial charge is 0.133 e. The minimum absolute atomic E-state index is 0.262. The average Bonchev–Trinajstić information content (AvgIpc) is 2.60. The number of hydrogen-bond donors (Lipinski definition) is 1. The maximum Gasteiger partial charge on any atom is 0.133 e. The molecule has 0 amide bonds. The maximum atomic E-state index is 13.4. The molecule has 0 saturated heterocycles. The van der Waals surface area contributed by atoms with Crippen molar-refractivity contribution in [1.82, 2.24) is 4.98 Å². The van der Waals surface area contributed by atoms with Gasteiger partial charge >= 0.3 is 0 Å². The van der Waals surface area contributed by atoms with Gasteiger partial charge in [0, 0.05) is 12.1 Å². The molecule has 78 valence electrons. The molecule has 2 nitrogen and oxygen atoms in total. The van der Waals surface area contributed by atoms with Gasteiger partial charge in [-0.1, -0.05) is 12.1 Å². The van der Waals surface area contributed by atoms with Crippen LogP contribution in [0, 0.1) is 5.82 Å². The van der Waals surface area contributed by atoms with Gasteiger partial charge in [0.1, 0.15) is 15.4 Å². The first-order valence-electron chi connectivity index (χ1n) is 4.32. The quantitative estimate of drug-likeness (QED) is 0.921. The highest BCUT2D eigenvalue weighted by molar-refractivity contribution is 9.10. The highest BCUT2D eigenvalue weighted by atomic mass is 79.9. The number of rotatable bonds is 2. The van der Waals surface area contributed by atoms with E-state index in [0.717, 1.165) is 4.88 Å². The SMILES string of the molecule is NCc1sc(-c2ccccc2F)nc1Br. The molecule has 0 unspecified atom stereocenters. The Hall–Kier alpha value is -0.780. The van der Waals surface area contributed by atoms with E-state index in [2.05, 4.69) is 20.9 Å². The second-order valence-electron chi connectivity index (χ2n) is 2.92. The molecule has 5 heteroatoms. The van der Waals surface area contributed by atoms with Crippen molar-refractivity contribution >= 4 is 27.3 Å². The number of aromatic nitrogens is 1. The molecular formula is C10H8BrFN2S. The Morgan fingerprint density at radius 3 is 2.73 bits per heavy atom. The van der Waals surface area contributed by atoms with Crippen LogP contribution in [0.3, 0.4) is 0 Å². The zero-order valence-electron chi connectivity index (χ0n) is 7.71. The van der Waals surface area contributed by atoms with Crippen molar-refractivity contribution in [1.29, 1.82) is 0 Å². The Morgan fingerprint density at radius 2 is 2.13 bits per heavy atom. The molecule has 1 aromatic heterocycles. The predicted octanol–water partition coefficient (Wildman–Crippen LogP) is 3.17. The molecule has 15 heavy (non-hydrogen) atoms. The average molecular weight is 287 g/mol. The Balaban J connectivity index is 2.50. The summed E-state index contributed by atoms with van der Waals surface area (Å²) in [7, 11) is 0. The molecule has 0 bridgehead atoms. The van der Waals surface area contributed by atoms with E-state index in [-0.39, 0.29) is 5.82 Å². The predicted molar refractivity (Wildman–Crippen MR) is 63.1 cm³/mol. The zero-order valence-corrected chi connectivity index (χ0v) is 10.1. The number of hydrogen-bond acceptors (Lipinski definition) is 3. The minimum Gasteiger partial charge on any atom is -0.326 e. The van der Waals surface area contributed by atoms with Gasteiger partial charge in [0.05, 0.1) is 4.88 Å². The maximum absolute atomic E-state index is 13.4. The van der Waals surface area contributed by atoms with Crippen LogP contribution in [-0.4, -0.2) is 4.98 Å². The van der Waals surface area contributed by atoms with Crippen LogP contribution in [0.5, 0.6) is 0 Å². The topological polar surface area (TPSA) is 38.9 Å². The molecule has 0 saturated carbocycles. The van der Waals surface area contributed by atoms with Crippen LogP contribution >= 0.6 is 27.3 Å². The van der Waals surface area contributed by atoms with E-state index in [1.807, 2.05) is 0 Å². The molecule has 0 radical (unpaired) electrons. The van der Waals surface area contributed by atoms with Crippen LogP contribution in [-0.2, 0) is 6.54 Å². The molecule has 0 atom stereocenters. The van der Waals surface area contributed by atoms with Crippen LogP contribution in [0.2, 0.25) is 0 Å². The van der Waals surface area contributed by atoms with E-state index >= 15 is 0 Å². The number of benzene rings is 1. The summed E-state index contributed by atoms with van der Waals surface area (Å²) in [4.78, 5) is 5.15. The van der Waals surface area contributed by atoms with Crippen molar-refractivity contribution < 1.29 is 4.39 Å². The summed E-state index contributed by atoms with van der Waals surface area (Å²) in [6.07, 6.45) is 0. The fourth-order valence-corrected chi connectivity index (χ4v) is 2.77. The highest BCUT2D eigenvalue weighted by Gasteiger charge is 2.11. The summed E-state index contributed by atoms with van der Waals surface area (Å²) in [6.45, 7) is 0.409. The third-order valence-corrected chi connectivity index (χ3v) is 3.97. The molecule has 0 aliphatic rings. The molecule has 2 aromatic rings. The fourth-order valence-electron chi connectivity index (χ4n) is 1.21. The van der Waals surface area contributed by atoms with E-state index in [1.54, 1.807) is 18.2 Å². The van der Waals surface area contributed by atoms with E-state index in [1.165, 1.54) is 17.4 Å². The van der Waals surface area contributed by atoms with Crippen LogP contribution in [0.25, 0.3) is 10.6 Å². The Kier molecular flexibility index (Phi) is 3.14. The van der Waals surface area contributed by atoms with Crippen molar-refractivity contribution in [3.05, 3.63) is 39.6 Å². The van der Waals surface area contributed by atoms with E-state index in [9.17, 15) is 4.39 Å². The summed E-state index contributed by atoms with van der Waals surface area (Å²) in [5.41, 5.74) is 6.04. The Morgan fingerprint density at radius 1 is 1.40 bits per heavy atom. The summed E-state index contributed by atoms with van der Waals surface area (Å²) in [5, 5.41) is 0.653. The van der Waals surface area contributed by atoms with Gasteiger partial charge in [-0.3, -0.25) is 0 Å². The first-order chi connectivity index (χ1) is 7.22. The van der Waals surface area contributed by atoms with Crippen molar-refractivity contribution in [2.75, 3.05) is 0 Å². The van der Waals surface area contributed by atoms with Crippen LogP contribution in [0.15, 0.2) is 28.9 Å². The third-order valence-electron chi connectivity index (χ3n) is 1.94. The molecule has 0 aliphatic carbocycles. The molecular weight excluding hydrogens is 279 g/mol. The summed E-state index contributed by atoms with van der Waals surface area (Å²) < 4.78 is 14.1. The lowest BCUT2D eigenvalue weighted by atomic mass is 10.2. The van der Waals surface area contributed by atoms with E-state index in [0.29, 0.717) is 21.7 Å². The second kappa shape index (κ2) is 4.38. The molecule has 1 aromatic carbocycles. The summed E-state index contributed by atoms with van der Waals surface area (Å²) in [5.74, 6) is -0.262. The summed E-state index contributed by atoms with van der Waals surface area (Å²) in [6, 6.07) is 6.58. The number of nitrogens with zero attached hydrogens (tertiary/aromatic N) is 1. The third kappa shape index (κ3) is 2.09. The van der Waals surface area contributed by atoms with Crippen molar-refractivity contribution in [3.8, 4) is 10.6 Å². The Bertz CT molecular complexity index is 484. The van der Waals surface area contributed by atoms with Gasteiger partial charge in [-0.05, 0) is 28.1 Å². The monoisotopic (exact) mass is 286 g/mol. The van der Waals surface area contributed by atoms with Gasteiger partial charge in [0.15, 0.2) is 0 Å². The van der Waals surface area contributed by atoms with Gasteiger partial charge in [-0.25, -0.2) is 9.37 Å². The molecule has 1 heterocycles. The van der Waals surface area contributed by atoms with Crippen molar-refractivity contribution in [2.24, 2.45) is 5.73 Å². The second-order valence-corrected chi connectivity index (χ2v) is 4.75. The van der Waals surface area contributed by atoms with Crippen molar-refractivity contribution in [3.63, 3.8) is 0 Å². The normalized spacial score (nSPS) is 10.6. The lowest BCUT2D eigenvalue weighted by Crippen LogP contribution is -1.92. The van der Waals surface area contributed by atoms with Gasteiger partial charge in [-0.15, -0.1) is 11.3 Å². The number of nitrogens with two attached hydrogens (primary N) is 1. The first kappa shape index (κ1) is 10.7. The Labute approximate surface area is 99.1 Å². The highest BCUT2D eigenvalue weighted by Crippen LogP contribution is 2.31. The van der Waals surface area contributed by atoms with Crippen molar-refractivity contribution in [2.45, 2.75) is 6.54 Å². The van der Waals surface area contributed by atoms with Crippen LogP contribution in [0.1, 0.15) is 4.88 Å². The zero-order chi connectivity index (χ0) is 10.8. The van der Waals surface area contributed by atoms with Gasteiger partial charge in [0.25, 0.3) is 0 Å². The van der Waals surface area contributed by atoms with Gasteiger partial charge < -0.3 is 5.73 Å². The number of halogens is 2. The molecule has 0 aliphatic heterocycles. The summed E-state index contributed by atoms with van der Waals surface area (Å²) >= 11 is 4.70. The van der Waals surface area contributed by atoms with E-state index in [4.69, 9.17) is 5.73 Å². The van der Waals surface area contributed by atoms with Crippen LogP contribution < -0.4 is 5.73 Å². The first-order valence-corrected chi connectivity index (χ1v) is 5.93. The van der Waals surface area contributed by atoms with Gasteiger partial charge in [0.2, 0.25) is 0 Å². The van der Waals surface area contributed by atoms with E-state index < -0.39 is 0 Å².